The Balaban J connectivity index is 1.29. The highest BCUT2D eigenvalue weighted by atomic mass is 17.3. The van der Waals surface area contributed by atoms with Crippen LogP contribution in [-0.4, -0.2) is 16.0 Å². The molecule has 0 aliphatic rings. The van der Waals surface area contributed by atoms with Gasteiger partial charge in [0.05, 0.1) is 9.85 Å². The van der Waals surface area contributed by atoms with Crippen LogP contribution in [-0.2, 0) is 32.8 Å². The monoisotopic (exact) mass is 516 g/mol. The molecule has 0 radical (unpaired) electrons. The molecule has 0 aliphatic carbocycles. The molecule has 0 saturated heterocycles. The molecule has 4 rings (SSSR count). The lowest BCUT2D eigenvalue weighted by Crippen LogP contribution is -2.09. The van der Waals surface area contributed by atoms with Gasteiger partial charge in [-0.25, -0.2) is 0 Å². The van der Waals surface area contributed by atoms with Gasteiger partial charge < -0.3 is 0 Å². The summed E-state index contributed by atoms with van der Waals surface area (Å²) >= 11 is 0. The van der Waals surface area contributed by atoms with Gasteiger partial charge in [-0.3, -0.25) is 30.0 Å². The summed E-state index contributed by atoms with van der Waals surface area (Å²) in [5, 5.41) is 21.8. The maximum atomic E-state index is 11.9. The highest BCUT2D eigenvalue weighted by molar-refractivity contribution is 5.69. The minimum absolute atomic E-state index is 0.0241. The number of hydrogen-bond acceptors (Lipinski definition) is 9. The molecular weight excluding hydrogens is 496 g/mol. The van der Waals surface area contributed by atoms with E-state index in [9.17, 15) is 25.0 Å². The van der Waals surface area contributed by atoms with Crippen molar-refractivity contribution in [1.82, 2.24) is 0 Å². The van der Waals surface area contributed by atoms with Crippen LogP contribution >= 0.6 is 0 Å². The fourth-order valence-corrected chi connectivity index (χ4v) is 3.68. The zero-order valence-electron chi connectivity index (χ0n) is 19.7. The van der Waals surface area contributed by atoms with E-state index < -0.39 is 16.0 Å². The van der Waals surface area contributed by atoms with E-state index >= 15 is 0 Å². The van der Waals surface area contributed by atoms with Crippen molar-refractivity contribution in [2.75, 3.05) is 0 Å². The van der Waals surface area contributed by atoms with Crippen LogP contribution in [0.1, 0.15) is 11.1 Å². The lowest BCUT2D eigenvalue weighted by Gasteiger charge is -2.10. The zero-order valence-corrected chi connectivity index (χ0v) is 19.7. The molecule has 0 N–H and O–H groups in total. The molecule has 4 aromatic carbocycles. The van der Waals surface area contributed by atoms with Crippen LogP contribution < -0.4 is 0 Å². The lowest BCUT2D eigenvalue weighted by atomic mass is 10.00. The molecule has 192 valence electrons. The second-order valence-corrected chi connectivity index (χ2v) is 7.86. The predicted octanol–water partition coefficient (Wildman–Crippen LogP) is 6.55. The van der Waals surface area contributed by atoms with E-state index in [1.807, 2.05) is 12.1 Å². The van der Waals surface area contributed by atoms with E-state index in [-0.39, 0.29) is 24.6 Å². The molecule has 0 atom stereocenters. The van der Waals surface area contributed by atoms with Crippen LogP contribution in [0.5, 0.6) is 0 Å². The molecule has 0 aromatic heterocycles. The Labute approximate surface area is 215 Å². The summed E-state index contributed by atoms with van der Waals surface area (Å²) in [6.07, 6.45) is -1.22. The fraction of sp³-hybridized carbons (Fsp3) is 0.0741. The first kappa shape index (κ1) is 25.9. The summed E-state index contributed by atoms with van der Waals surface area (Å²) in [5.74, 6) is 0. The summed E-state index contributed by atoms with van der Waals surface area (Å²) in [5.41, 5.74) is 4.25. The van der Waals surface area contributed by atoms with Gasteiger partial charge in [0.1, 0.15) is 13.2 Å². The van der Waals surface area contributed by atoms with Crippen LogP contribution in [0.25, 0.3) is 22.3 Å². The molecule has 11 heteroatoms. The average Bonchev–Trinajstić information content (AvgIpc) is 2.94. The minimum atomic E-state index is -1.22. The standard InChI is InChI=1S/C27H20N2O9/c30-27(37-35-17-21-5-1-3-7-25(21)19-9-13-23(14-10-19)28(31)32)38-36-18-22-6-2-4-8-26(22)20-11-15-24(16-12-20)29(33)34/h1-16H,17-18H2. The van der Waals surface area contributed by atoms with Crippen molar-refractivity contribution in [3.05, 3.63) is 128 Å². The Bertz CT molecular complexity index is 1330. The Morgan fingerprint density at radius 1 is 0.579 bits per heavy atom. The molecule has 0 bridgehead atoms. The molecule has 11 nitrogen and oxygen atoms in total. The number of nitro groups is 2. The predicted molar refractivity (Wildman–Crippen MR) is 134 cm³/mol. The van der Waals surface area contributed by atoms with Gasteiger partial charge in [-0.05, 0) is 57.6 Å². The zero-order chi connectivity index (χ0) is 26.9. The molecule has 0 fully saturated rings. The molecule has 0 spiro atoms. The third kappa shape index (κ3) is 6.55. The summed E-state index contributed by atoms with van der Waals surface area (Å²) in [7, 11) is 0. The SMILES string of the molecule is O=C(OOCc1ccccc1-c1ccc([N+](=O)[O-])cc1)OOCc1ccccc1-c1ccc([N+](=O)[O-])cc1. The Morgan fingerprint density at radius 3 is 1.32 bits per heavy atom. The highest BCUT2D eigenvalue weighted by Crippen LogP contribution is 2.27. The smallest absolute Gasteiger partial charge is 0.258 e. The lowest BCUT2D eigenvalue weighted by molar-refractivity contribution is -0.385. The maximum absolute atomic E-state index is 11.9. The normalized spacial score (nSPS) is 10.5. The highest BCUT2D eigenvalue weighted by Gasteiger charge is 2.13. The molecule has 38 heavy (non-hydrogen) atoms. The number of nitrogens with zero attached hydrogens (tertiary/aromatic N) is 2. The summed E-state index contributed by atoms with van der Waals surface area (Å²) in [6.45, 7) is -0.212. The van der Waals surface area contributed by atoms with Gasteiger partial charge in [-0.1, -0.05) is 48.5 Å². The van der Waals surface area contributed by atoms with Crippen LogP contribution in [0.2, 0.25) is 0 Å². The van der Waals surface area contributed by atoms with Crippen LogP contribution in [0.4, 0.5) is 16.2 Å². The van der Waals surface area contributed by atoms with Crippen LogP contribution in [0.3, 0.4) is 0 Å². The topological polar surface area (TPSA) is 140 Å². The molecule has 0 amide bonds. The number of benzene rings is 4. The molecule has 0 saturated carbocycles. The first-order valence-corrected chi connectivity index (χ1v) is 11.2. The number of non-ortho nitro benzene ring substituents is 2. The molecule has 0 unspecified atom stereocenters. The van der Waals surface area contributed by atoms with E-state index in [1.54, 1.807) is 60.7 Å². The van der Waals surface area contributed by atoms with Gasteiger partial charge in [0.15, 0.2) is 0 Å². The van der Waals surface area contributed by atoms with Crippen molar-refractivity contribution in [2.45, 2.75) is 13.2 Å². The van der Waals surface area contributed by atoms with Gasteiger partial charge >= 0.3 is 6.16 Å². The van der Waals surface area contributed by atoms with Crippen molar-refractivity contribution < 1.29 is 34.2 Å². The van der Waals surface area contributed by atoms with Crippen molar-refractivity contribution >= 4 is 17.5 Å². The van der Waals surface area contributed by atoms with Gasteiger partial charge in [0, 0.05) is 24.3 Å². The Hall–Kier alpha value is -5.13. The fourth-order valence-electron chi connectivity index (χ4n) is 3.68. The van der Waals surface area contributed by atoms with Crippen molar-refractivity contribution in [3.63, 3.8) is 0 Å². The maximum Gasteiger partial charge on any atom is 0.573 e. The van der Waals surface area contributed by atoms with Gasteiger partial charge in [-0.2, -0.15) is 14.6 Å². The number of carbonyl (C=O) groups is 1. The number of hydrogen-bond donors (Lipinski definition) is 0. The second kappa shape index (κ2) is 12.2. The summed E-state index contributed by atoms with van der Waals surface area (Å²) in [6, 6.07) is 26.4. The molecule has 4 aromatic rings. The third-order valence-electron chi connectivity index (χ3n) is 5.50. The quantitative estimate of drug-likeness (QED) is 0.130. The first-order valence-electron chi connectivity index (χ1n) is 11.2. The van der Waals surface area contributed by atoms with Crippen molar-refractivity contribution in [3.8, 4) is 22.3 Å². The second-order valence-electron chi connectivity index (χ2n) is 7.86. The molecule has 0 heterocycles. The largest absolute Gasteiger partial charge is 0.573 e. The van der Waals surface area contributed by atoms with Crippen LogP contribution in [0, 0.1) is 20.2 Å². The van der Waals surface area contributed by atoms with Gasteiger partial charge in [0.25, 0.3) is 11.4 Å². The average molecular weight is 516 g/mol. The minimum Gasteiger partial charge on any atom is -0.258 e. The van der Waals surface area contributed by atoms with Crippen molar-refractivity contribution in [2.24, 2.45) is 0 Å². The Kier molecular flexibility index (Phi) is 8.34. The van der Waals surface area contributed by atoms with Gasteiger partial charge in [-0.15, -0.1) is 0 Å². The number of rotatable bonds is 10. The van der Waals surface area contributed by atoms with E-state index in [2.05, 4.69) is 9.78 Å². The first-order chi connectivity index (χ1) is 18.4. The number of nitro benzene ring substituents is 2. The summed E-state index contributed by atoms with van der Waals surface area (Å²) < 4.78 is 0. The van der Waals surface area contributed by atoms with Gasteiger partial charge in [0.2, 0.25) is 0 Å². The Morgan fingerprint density at radius 2 is 0.947 bits per heavy atom. The molecule has 0 aliphatic heterocycles. The van der Waals surface area contributed by atoms with E-state index in [4.69, 9.17) is 9.78 Å². The molecular formula is C27H20N2O9. The van der Waals surface area contributed by atoms with Crippen molar-refractivity contribution in [1.29, 1.82) is 0 Å². The number of carbonyl (C=O) groups excluding carboxylic acids is 1. The van der Waals surface area contributed by atoms with Crippen LogP contribution in [0.15, 0.2) is 97.1 Å². The van der Waals surface area contributed by atoms with E-state index in [1.165, 1.54) is 24.3 Å². The van der Waals surface area contributed by atoms with E-state index in [0.29, 0.717) is 11.1 Å². The third-order valence-corrected chi connectivity index (χ3v) is 5.50. The summed E-state index contributed by atoms with van der Waals surface area (Å²) in [4.78, 5) is 52.0. The van der Waals surface area contributed by atoms with E-state index in [0.717, 1.165) is 22.3 Å².